The Morgan fingerprint density at radius 1 is 0.964 bits per heavy atom. The smallest absolute Gasteiger partial charge is 0.233 e. The van der Waals surface area contributed by atoms with Crippen molar-refractivity contribution < 1.29 is 9.00 Å². The molecular weight excluding hydrogens is 392 g/mol. The summed E-state index contributed by atoms with van der Waals surface area (Å²) in [6.07, 6.45) is 0. The molecule has 0 bridgehead atoms. The van der Waals surface area contributed by atoms with Crippen molar-refractivity contribution in [1.82, 2.24) is 19.7 Å². The van der Waals surface area contributed by atoms with Crippen molar-refractivity contribution in [3.63, 3.8) is 0 Å². The van der Waals surface area contributed by atoms with Gasteiger partial charge in [0, 0.05) is 46.6 Å². The van der Waals surface area contributed by atoms with Crippen molar-refractivity contribution in [3.8, 4) is 17.1 Å². The number of benzene rings is 2. The van der Waals surface area contributed by atoms with E-state index < -0.39 is 10.8 Å². The molecule has 0 N–H and O–H groups in total. The Labute approximate surface area is 170 Å². The van der Waals surface area contributed by atoms with E-state index in [1.807, 2.05) is 65.2 Å². The van der Waals surface area contributed by atoms with Crippen LogP contribution in [0.15, 0.2) is 65.8 Å². The SMILES string of the molecule is O=C(CSc1nnc(-c2ccccc2)n1-c1ccccc1)N1CCS(=O)CC1. The van der Waals surface area contributed by atoms with E-state index in [2.05, 4.69) is 10.2 Å². The fourth-order valence-electron chi connectivity index (χ4n) is 3.05. The number of nitrogens with zero attached hydrogens (tertiary/aromatic N) is 4. The van der Waals surface area contributed by atoms with Crippen LogP contribution in [-0.2, 0) is 15.6 Å². The maximum atomic E-state index is 12.6. The average Bonchev–Trinajstić information content (AvgIpc) is 3.18. The summed E-state index contributed by atoms with van der Waals surface area (Å²) in [5.74, 6) is 2.20. The second-order valence-corrected chi connectivity index (χ2v) is 9.00. The lowest BCUT2D eigenvalue weighted by Gasteiger charge is -2.26. The molecule has 1 aromatic heterocycles. The van der Waals surface area contributed by atoms with Gasteiger partial charge >= 0.3 is 0 Å². The molecule has 0 atom stereocenters. The van der Waals surface area contributed by atoms with Gasteiger partial charge in [-0.2, -0.15) is 0 Å². The van der Waals surface area contributed by atoms with E-state index in [0.717, 1.165) is 17.1 Å². The maximum Gasteiger partial charge on any atom is 0.233 e. The first kappa shape index (κ1) is 18.9. The molecule has 1 aliphatic heterocycles. The van der Waals surface area contributed by atoms with Crippen LogP contribution in [0.3, 0.4) is 0 Å². The van der Waals surface area contributed by atoms with E-state index in [9.17, 15) is 9.00 Å². The molecular formula is C20H20N4O2S2. The molecule has 2 heterocycles. The summed E-state index contributed by atoms with van der Waals surface area (Å²) in [7, 11) is -0.791. The van der Waals surface area contributed by atoms with Crippen LogP contribution in [0.5, 0.6) is 0 Å². The molecule has 0 spiro atoms. The minimum atomic E-state index is -0.791. The van der Waals surface area contributed by atoms with Crippen LogP contribution in [0.1, 0.15) is 0 Å². The number of hydrogen-bond acceptors (Lipinski definition) is 5. The van der Waals surface area contributed by atoms with Crippen molar-refractivity contribution in [2.45, 2.75) is 5.16 Å². The van der Waals surface area contributed by atoms with Crippen molar-refractivity contribution in [1.29, 1.82) is 0 Å². The molecule has 1 saturated heterocycles. The summed E-state index contributed by atoms with van der Waals surface area (Å²) in [5, 5.41) is 9.42. The van der Waals surface area contributed by atoms with Gasteiger partial charge in [-0.05, 0) is 12.1 Å². The first-order valence-corrected chi connectivity index (χ1v) is 11.5. The predicted octanol–water partition coefficient (Wildman–Crippen LogP) is 2.62. The van der Waals surface area contributed by atoms with E-state index in [1.54, 1.807) is 4.90 Å². The molecule has 3 aromatic rings. The summed E-state index contributed by atoms with van der Waals surface area (Å²) in [6.45, 7) is 1.12. The van der Waals surface area contributed by atoms with Crippen molar-refractivity contribution in [2.75, 3.05) is 30.3 Å². The molecule has 6 nitrogen and oxygen atoms in total. The van der Waals surface area contributed by atoms with E-state index >= 15 is 0 Å². The molecule has 144 valence electrons. The van der Waals surface area contributed by atoms with Gasteiger partial charge in [0.05, 0.1) is 5.75 Å². The third-order valence-electron chi connectivity index (χ3n) is 4.53. The van der Waals surface area contributed by atoms with Gasteiger partial charge in [-0.25, -0.2) is 0 Å². The van der Waals surface area contributed by atoms with Crippen LogP contribution >= 0.6 is 11.8 Å². The largest absolute Gasteiger partial charge is 0.340 e. The van der Waals surface area contributed by atoms with Crippen LogP contribution < -0.4 is 0 Å². The van der Waals surface area contributed by atoms with E-state index in [-0.39, 0.29) is 11.7 Å². The van der Waals surface area contributed by atoms with Crippen molar-refractivity contribution >= 4 is 28.5 Å². The topological polar surface area (TPSA) is 68.1 Å². The van der Waals surface area contributed by atoms with Crippen LogP contribution in [-0.4, -0.2) is 60.1 Å². The van der Waals surface area contributed by atoms with Gasteiger partial charge in [0.1, 0.15) is 0 Å². The lowest BCUT2D eigenvalue weighted by Crippen LogP contribution is -2.42. The van der Waals surface area contributed by atoms with Gasteiger partial charge in [0.25, 0.3) is 0 Å². The summed E-state index contributed by atoms with van der Waals surface area (Å²) in [4.78, 5) is 14.3. The molecule has 1 fully saturated rings. The molecule has 4 rings (SSSR count). The summed E-state index contributed by atoms with van der Waals surface area (Å²) >= 11 is 1.38. The number of para-hydroxylation sites is 1. The van der Waals surface area contributed by atoms with Crippen LogP contribution in [0.25, 0.3) is 17.1 Å². The van der Waals surface area contributed by atoms with Gasteiger partial charge in [-0.15, -0.1) is 10.2 Å². The molecule has 2 aromatic carbocycles. The first-order valence-electron chi connectivity index (χ1n) is 9.04. The number of aromatic nitrogens is 3. The van der Waals surface area contributed by atoms with Gasteiger partial charge in [0.2, 0.25) is 5.91 Å². The number of hydrogen-bond donors (Lipinski definition) is 0. The zero-order valence-electron chi connectivity index (χ0n) is 15.2. The number of amides is 1. The summed E-state index contributed by atoms with van der Waals surface area (Å²) < 4.78 is 13.5. The van der Waals surface area contributed by atoms with Gasteiger partial charge in [-0.1, -0.05) is 60.3 Å². The van der Waals surface area contributed by atoms with Crippen molar-refractivity contribution in [3.05, 3.63) is 60.7 Å². The minimum Gasteiger partial charge on any atom is -0.340 e. The fourth-order valence-corrected chi connectivity index (χ4v) is 4.96. The fraction of sp³-hybridized carbons (Fsp3) is 0.250. The van der Waals surface area contributed by atoms with Crippen molar-refractivity contribution in [2.24, 2.45) is 0 Å². The van der Waals surface area contributed by atoms with E-state index in [1.165, 1.54) is 11.8 Å². The highest BCUT2D eigenvalue weighted by Gasteiger charge is 2.22. The summed E-state index contributed by atoms with van der Waals surface area (Å²) in [5.41, 5.74) is 1.92. The Balaban J connectivity index is 1.58. The summed E-state index contributed by atoms with van der Waals surface area (Å²) in [6, 6.07) is 19.8. The monoisotopic (exact) mass is 412 g/mol. The third kappa shape index (κ3) is 4.18. The molecule has 0 unspecified atom stereocenters. The van der Waals surface area contributed by atoms with Gasteiger partial charge in [0.15, 0.2) is 11.0 Å². The Hall–Kier alpha value is -2.45. The number of rotatable bonds is 5. The average molecular weight is 413 g/mol. The zero-order chi connectivity index (χ0) is 19.3. The lowest BCUT2D eigenvalue weighted by molar-refractivity contribution is -0.128. The zero-order valence-corrected chi connectivity index (χ0v) is 16.9. The molecule has 0 radical (unpaired) electrons. The number of carbonyl (C=O) groups excluding carboxylic acids is 1. The molecule has 0 saturated carbocycles. The Morgan fingerprint density at radius 2 is 1.61 bits per heavy atom. The van der Waals surface area contributed by atoms with E-state index in [4.69, 9.17) is 0 Å². The quantitative estimate of drug-likeness (QED) is 0.603. The highest BCUT2D eigenvalue weighted by molar-refractivity contribution is 7.99. The second kappa shape index (κ2) is 8.70. The molecule has 1 amide bonds. The number of thioether (sulfide) groups is 1. The minimum absolute atomic E-state index is 0.0468. The van der Waals surface area contributed by atoms with Crippen LogP contribution in [0.2, 0.25) is 0 Å². The molecule has 0 aliphatic carbocycles. The normalized spacial score (nSPS) is 14.9. The highest BCUT2D eigenvalue weighted by Crippen LogP contribution is 2.28. The number of carbonyl (C=O) groups is 1. The highest BCUT2D eigenvalue weighted by atomic mass is 32.2. The Kier molecular flexibility index (Phi) is 5.87. The molecule has 1 aliphatic rings. The maximum absolute atomic E-state index is 12.6. The molecule has 28 heavy (non-hydrogen) atoms. The Bertz CT molecular complexity index is 966. The van der Waals surface area contributed by atoms with Gasteiger partial charge < -0.3 is 4.90 Å². The van der Waals surface area contributed by atoms with E-state index in [0.29, 0.717) is 29.8 Å². The standard InChI is InChI=1S/C20H20N4O2S2/c25-18(23-11-13-28(26)14-12-23)15-27-20-22-21-19(16-7-3-1-4-8-16)24(20)17-9-5-2-6-10-17/h1-10H,11-15H2. The first-order chi connectivity index (χ1) is 13.7. The third-order valence-corrected chi connectivity index (χ3v) is 6.72. The van der Waals surface area contributed by atoms with Gasteiger partial charge in [-0.3, -0.25) is 13.6 Å². The lowest BCUT2D eigenvalue weighted by atomic mass is 10.2. The van der Waals surface area contributed by atoms with Crippen LogP contribution in [0.4, 0.5) is 0 Å². The second-order valence-electron chi connectivity index (χ2n) is 6.36. The predicted molar refractivity (Wildman–Crippen MR) is 112 cm³/mol. The van der Waals surface area contributed by atoms with Crippen LogP contribution in [0, 0.1) is 0 Å². The molecule has 8 heteroatoms. The Morgan fingerprint density at radius 3 is 2.29 bits per heavy atom.